The molecule has 2 saturated heterocycles. The number of hydrogen-bond acceptors (Lipinski definition) is 3. The largest absolute Gasteiger partial charge is 0.376 e. The highest BCUT2D eigenvalue weighted by atomic mass is 16.5. The topological polar surface area (TPSA) is 38.5 Å². The molecule has 5 unspecified atom stereocenters. The monoisotopic (exact) mass is 238 g/mol. The summed E-state index contributed by atoms with van der Waals surface area (Å²) in [6, 6.07) is 1.68. The maximum atomic E-state index is 6.18. The number of nitrogens with zero attached hydrogens (tertiary/aromatic N) is 1. The number of likely N-dealkylation sites (tertiary alicyclic amines) is 1. The molecule has 17 heavy (non-hydrogen) atoms. The van der Waals surface area contributed by atoms with Crippen LogP contribution >= 0.6 is 0 Å². The van der Waals surface area contributed by atoms with Crippen molar-refractivity contribution in [2.75, 3.05) is 13.2 Å². The van der Waals surface area contributed by atoms with Crippen molar-refractivity contribution in [1.29, 1.82) is 0 Å². The average Bonchev–Trinajstić information content (AvgIpc) is 3.06. The molecule has 2 N–H and O–H groups in total. The molecule has 0 spiro atoms. The van der Waals surface area contributed by atoms with E-state index >= 15 is 0 Å². The summed E-state index contributed by atoms with van der Waals surface area (Å²) >= 11 is 0. The van der Waals surface area contributed by atoms with Crippen LogP contribution in [0.15, 0.2) is 0 Å². The summed E-state index contributed by atoms with van der Waals surface area (Å²) in [5, 5.41) is 0. The second-order valence-corrected chi connectivity index (χ2v) is 6.32. The molecule has 3 nitrogen and oxygen atoms in total. The van der Waals surface area contributed by atoms with Crippen molar-refractivity contribution in [3.8, 4) is 0 Å². The van der Waals surface area contributed by atoms with Crippen LogP contribution in [0.5, 0.6) is 0 Å². The molecular formula is C14H26N2O. The third-order valence-corrected chi connectivity index (χ3v) is 5.30. The van der Waals surface area contributed by atoms with E-state index in [2.05, 4.69) is 18.7 Å². The molecule has 3 aliphatic rings. The van der Waals surface area contributed by atoms with Gasteiger partial charge in [-0.25, -0.2) is 0 Å². The second-order valence-electron chi connectivity index (χ2n) is 6.32. The number of rotatable bonds is 2. The van der Waals surface area contributed by atoms with Gasteiger partial charge in [0.05, 0.1) is 6.10 Å². The van der Waals surface area contributed by atoms with Gasteiger partial charge in [0.2, 0.25) is 0 Å². The molecule has 0 bridgehead atoms. The smallest absolute Gasteiger partial charge is 0.0759 e. The Kier molecular flexibility index (Phi) is 3.18. The van der Waals surface area contributed by atoms with Crippen LogP contribution in [0.1, 0.15) is 39.5 Å². The summed E-state index contributed by atoms with van der Waals surface area (Å²) in [6.07, 6.45) is 5.68. The van der Waals surface area contributed by atoms with E-state index in [-0.39, 0.29) is 0 Å². The second kappa shape index (κ2) is 4.52. The zero-order valence-corrected chi connectivity index (χ0v) is 11.1. The van der Waals surface area contributed by atoms with Crippen LogP contribution < -0.4 is 5.73 Å². The zero-order valence-electron chi connectivity index (χ0n) is 11.1. The predicted octanol–water partition coefficient (Wildman–Crippen LogP) is 1.61. The first-order chi connectivity index (χ1) is 8.18. The van der Waals surface area contributed by atoms with Gasteiger partial charge in [0.25, 0.3) is 0 Å². The van der Waals surface area contributed by atoms with Crippen LogP contribution in [-0.4, -0.2) is 42.3 Å². The molecule has 1 aliphatic carbocycles. The van der Waals surface area contributed by atoms with Gasteiger partial charge in [0, 0.05) is 31.3 Å². The third-order valence-electron chi connectivity index (χ3n) is 5.30. The van der Waals surface area contributed by atoms with Crippen LogP contribution in [-0.2, 0) is 4.74 Å². The number of nitrogens with two attached hydrogens (primary N) is 1. The highest BCUT2D eigenvalue weighted by Crippen LogP contribution is 2.41. The van der Waals surface area contributed by atoms with Gasteiger partial charge in [-0.2, -0.15) is 0 Å². The van der Waals surface area contributed by atoms with E-state index in [0.29, 0.717) is 30.1 Å². The zero-order chi connectivity index (χ0) is 12.0. The van der Waals surface area contributed by atoms with Crippen molar-refractivity contribution in [2.24, 2.45) is 17.6 Å². The van der Waals surface area contributed by atoms with Crippen LogP contribution in [0.4, 0.5) is 0 Å². The fraction of sp³-hybridized carbons (Fsp3) is 1.00. The Morgan fingerprint density at radius 3 is 2.59 bits per heavy atom. The third kappa shape index (κ3) is 2.13. The van der Waals surface area contributed by atoms with Gasteiger partial charge in [-0.1, -0.05) is 6.92 Å². The number of hydrogen-bond donors (Lipinski definition) is 1. The van der Waals surface area contributed by atoms with Crippen molar-refractivity contribution in [1.82, 2.24) is 4.90 Å². The SMILES string of the molecule is CC1C(N)CCN(C2CCOC2C2CC2)C1C. The van der Waals surface area contributed by atoms with Crippen LogP contribution in [0, 0.1) is 11.8 Å². The fourth-order valence-corrected chi connectivity index (χ4v) is 3.72. The lowest BCUT2D eigenvalue weighted by molar-refractivity contribution is 0.00128. The molecule has 0 amide bonds. The lowest BCUT2D eigenvalue weighted by atomic mass is 9.85. The first-order valence-corrected chi connectivity index (χ1v) is 7.31. The Labute approximate surface area is 105 Å². The molecule has 5 atom stereocenters. The van der Waals surface area contributed by atoms with Crippen LogP contribution in [0.2, 0.25) is 0 Å². The van der Waals surface area contributed by atoms with Crippen LogP contribution in [0.3, 0.4) is 0 Å². The molecule has 3 fully saturated rings. The minimum Gasteiger partial charge on any atom is -0.376 e. The van der Waals surface area contributed by atoms with Gasteiger partial charge in [-0.3, -0.25) is 4.90 Å². The van der Waals surface area contributed by atoms with E-state index in [9.17, 15) is 0 Å². The Morgan fingerprint density at radius 2 is 1.88 bits per heavy atom. The molecule has 98 valence electrons. The maximum absolute atomic E-state index is 6.18. The van der Waals surface area contributed by atoms with E-state index in [1.807, 2.05) is 0 Å². The van der Waals surface area contributed by atoms with Crippen molar-refractivity contribution < 1.29 is 4.74 Å². The summed E-state index contributed by atoms with van der Waals surface area (Å²) in [4.78, 5) is 2.70. The first-order valence-electron chi connectivity index (χ1n) is 7.31. The molecule has 3 rings (SSSR count). The normalized spacial score (nSPS) is 48.5. The highest BCUT2D eigenvalue weighted by molar-refractivity contribution is 4.99. The van der Waals surface area contributed by atoms with Crippen LogP contribution in [0.25, 0.3) is 0 Å². The Balaban J connectivity index is 1.70. The number of ether oxygens (including phenoxy) is 1. The lowest BCUT2D eigenvalue weighted by Gasteiger charge is -2.45. The van der Waals surface area contributed by atoms with E-state index < -0.39 is 0 Å². The minimum absolute atomic E-state index is 0.392. The van der Waals surface area contributed by atoms with Crippen molar-refractivity contribution in [3.05, 3.63) is 0 Å². The van der Waals surface area contributed by atoms with E-state index in [1.54, 1.807) is 0 Å². The van der Waals surface area contributed by atoms with E-state index in [4.69, 9.17) is 10.5 Å². The van der Waals surface area contributed by atoms with Gasteiger partial charge < -0.3 is 10.5 Å². The van der Waals surface area contributed by atoms with E-state index in [1.165, 1.54) is 25.8 Å². The molecule has 2 aliphatic heterocycles. The minimum atomic E-state index is 0.392. The van der Waals surface area contributed by atoms with Gasteiger partial charge in [-0.15, -0.1) is 0 Å². The molecule has 0 aromatic carbocycles. The molecule has 0 aromatic rings. The first kappa shape index (κ1) is 11.9. The molecular weight excluding hydrogens is 212 g/mol. The van der Waals surface area contributed by atoms with Crippen molar-refractivity contribution in [3.63, 3.8) is 0 Å². The van der Waals surface area contributed by atoms with Crippen molar-refractivity contribution in [2.45, 2.75) is 63.8 Å². The predicted molar refractivity (Wildman–Crippen MR) is 68.8 cm³/mol. The van der Waals surface area contributed by atoms with Gasteiger partial charge >= 0.3 is 0 Å². The number of piperidine rings is 1. The summed E-state index contributed by atoms with van der Waals surface area (Å²) in [5.74, 6) is 1.48. The molecule has 0 aromatic heterocycles. The van der Waals surface area contributed by atoms with E-state index in [0.717, 1.165) is 18.9 Å². The highest BCUT2D eigenvalue weighted by Gasteiger charge is 2.45. The molecule has 2 heterocycles. The quantitative estimate of drug-likeness (QED) is 0.794. The fourth-order valence-electron chi connectivity index (χ4n) is 3.72. The summed E-state index contributed by atoms with van der Waals surface area (Å²) in [7, 11) is 0. The van der Waals surface area contributed by atoms with Gasteiger partial charge in [-0.05, 0) is 44.4 Å². The summed E-state index contributed by atoms with van der Waals surface area (Å²) in [5.41, 5.74) is 6.18. The Bertz CT molecular complexity index is 279. The standard InChI is InChI=1S/C14H26N2O/c1-9-10(2)16(7-5-12(9)15)13-6-8-17-14(13)11-3-4-11/h9-14H,3-8,15H2,1-2H3. The Hall–Kier alpha value is -0.120. The van der Waals surface area contributed by atoms with Gasteiger partial charge in [0.15, 0.2) is 0 Å². The average molecular weight is 238 g/mol. The molecule has 1 saturated carbocycles. The summed E-state index contributed by atoms with van der Waals surface area (Å²) < 4.78 is 5.98. The lowest BCUT2D eigenvalue weighted by Crippen LogP contribution is -2.57. The van der Waals surface area contributed by atoms with Crippen molar-refractivity contribution >= 4 is 0 Å². The molecule has 0 radical (unpaired) electrons. The molecule has 3 heteroatoms. The maximum Gasteiger partial charge on any atom is 0.0759 e. The van der Waals surface area contributed by atoms with Gasteiger partial charge in [0.1, 0.15) is 0 Å². The summed E-state index contributed by atoms with van der Waals surface area (Å²) in [6.45, 7) is 6.80. The Morgan fingerprint density at radius 1 is 1.12 bits per heavy atom.